The number of alkyl halides is 3. The van der Waals surface area contributed by atoms with Crippen molar-refractivity contribution in [1.82, 2.24) is 5.16 Å². The third kappa shape index (κ3) is 6.13. The fraction of sp³-hybridized carbons (Fsp3) is 0.370. The van der Waals surface area contributed by atoms with Crippen molar-refractivity contribution in [3.8, 4) is 11.8 Å². The number of nitrogens with zero attached hydrogens (tertiary/aromatic N) is 1. The molecule has 6 nitrogen and oxygen atoms in total. The second kappa shape index (κ2) is 9.43. The van der Waals surface area contributed by atoms with E-state index in [1.165, 1.54) is 6.07 Å². The molecule has 0 saturated heterocycles. The molecule has 0 aliphatic carbocycles. The summed E-state index contributed by atoms with van der Waals surface area (Å²) in [6, 6.07) is 12.6. The van der Waals surface area contributed by atoms with E-state index in [-0.39, 0.29) is 17.5 Å². The number of benzene rings is 2. The zero-order valence-corrected chi connectivity index (χ0v) is 20.6. The zero-order valence-electron chi connectivity index (χ0n) is 20.6. The molecule has 190 valence electrons. The van der Waals surface area contributed by atoms with Crippen LogP contribution in [0.4, 0.5) is 18.9 Å². The summed E-state index contributed by atoms with van der Waals surface area (Å²) in [7, 11) is 0. The maximum atomic E-state index is 13.4. The van der Waals surface area contributed by atoms with Gasteiger partial charge in [0.1, 0.15) is 0 Å². The van der Waals surface area contributed by atoms with Crippen LogP contribution in [0, 0.1) is 17.3 Å². The molecular weight excluding hydrogens is 473 g/mol. The molecule has 3 rings (SSSR count). The van der Waals surface area contributed by atoms with E-state index in [9.17, 15) is 27.9 Å². The lowest BCUT2D eigenvalue weighted by Crippen LogP contribution is -2.46. The first-order chi connectivity index (χ1) is 16.5. The van der Waals surface area contributed by atoms with Gasteiger partial charge in [-0.3, -0.25) is 4.79 Å². The Hall–Kier alpha value is -3.64. The van der Waals surface area contributed by atoms with Crippen LogP contribution in [-0.2, 0) is 16.4 Å². The molecule has 0 aliphatic heterocycles. The maximum Gasteiger partial charge on any atom is 0.437 e. The van der Waals surface area contributed by atoms with Crippen molar-refractivity contribution >= 4 is 22.4 Å². The standard InChI is InChI=1S/C27H27F3N2O4/c1-24(2,3)13-14-26(35,16-25(4,5)17-9-7-6-8-10-17)23(34)31-18-11-12-19-20(15-18)21(27(28,29)30)32-36-22(19)33/h6-12,15,35H,16H2,1-5H3,(H,31,34). The van der Waals surface area contributed by atoms with Gasteiger partial charge in [-0.05, 0) is 49.9 Å². The largest absolute Gasteiger partial charge is 0.437 e. The Labute approximate surface area is 206 Å². The number of rotatable bonds is 5. The van der Waals surface area contributed by atoms with E-state index in [0.717, 1.165) is 17.7 Å². The highest BCUT2D eigenvalue weighted by Crippen LogP contribution is 2.35. The lowest BCUT2D eigenvalue weighted by Gasteiger charge is -2.33. The number of halogens is 3. The summed E-state index contributed by atoms with van der Waals surface area (Å²) in [5.41, 5.74) is -5.05. The number of amides is 1. The Morgan fingerprint density at radius 1 is 1.00 bits per heavy atom. The van der Waals surface area contributed by atoms with Crippen LogP contribution in [0.15, 0.2) is 57.8 Å². The summed E-state index contributed by atoms with van der Waals surface area (Å²) in [6.45, 7) is 9.18. The van der Waals surface area contributed by atoms with Crippen LogP contribution in [0.3, 0.4) is 0 Å². The topological polar surface area (TPSA) is 92.4 Å². The molecule has 0 aliphatic rings. The van der Waals surface area contributed by atoms with E-state index < -0.39 is 45.2 Å². The second-order valence-electron chi connectivity index (χ2n) is 10.3. The van der Waals surface area contributed by atoms with Gasteiger partial charge in [0.15, 0.2) is 5.69 Å². The van der Waals surface area contributed by atoms with Crippen molar-refractivity contribution in [2.75, 3.05) is 5.32 Å². The quantitative estimate of drug-likeness (QED) is 0.464. The van der Waals surface area contributed by atoms with E-state index >= 15 is 0 Å². The summed E-state index contributed by atoms with van der Waals surface area (Å²) in [5, 5.41) is 16.0. The van der Waals surface area contributed by atoms with Gasteiger partial charge >= 0.3 is 11.8 Å². The average molecular weight is 501 g/mol. The van der Waals surface area contributed by atoms with Crippen LogP contribution in [0.5, 0.6) is 0 Å². The molecule has 9 heteroatoms. The van der Waals surface area contributed by atoms with Gasteiger partial charge in [0, 0.05) is 22.9 Å². The number of aliphatic hydroxyl groups is 1. The van der Waals surface area contributed by atoms with Gasteiger partial charge in [-0.1, -0.05) is 61.2 Å². The van der Waals surface area contributed by atoms with Crippen molar-refractivity contribution in [2.45, 2.75) is 58.2 Å². The minimum atomic E-state index is -4.89. The van der Waals surface area contributed by atoms with Crippen LogP contribution in [0.1, 0.15) is 52.3 Å². The minimum absolute atomic E-state index is 0.0705. The van der Waals surface area contributed by atoms with E-state index in [1.807, 2.05) is 65.0 Å². The zero-order chi connectivity index (χ0) is 26.9. The van der Waals surface area contributed by atoms with Gasteiger partial charge in [0.25, 0.3) is 5.91 Å². The fourth-order valence-electron chi connectivity index (χ4n) is 3.72. The SMILES string of the molecule is CC(C)(C)C#CC(O)(CC(C)(C)c1ccccc1)C(=O)Nc1ccc2c(=O)onc(C(F)(F)F)c2c1. The smallest absolute Gasteiger partial charge is 0.369 e. The third-order valence-electron chi connectivity index (χ3n) is 5.51. The molecule has 2 aromatic carbocycles. The normalized spacial score (nSPS) is 14.0. The molecule has 0 bridgehead atoms. The number of aromatic nitrogens is 1. The summed E-state index contributed by atoms with van der Waals surface area (Å²) < 4.78 is 44.5. The van der Waals surface area contributed by atoms with Crippen molar-refractivity contribution in [2.24, 2.45) is 5.41 Å². The summed E-state index contributed by atoms with van der Waals surface area (Å²) in [4.78, 5) is 25.2. The fourth-order valence-corrected chi connectivity index (χ4v) is 3.72. The lowest BCUT2D eigenvalue weighted by atomic mass is 9.74. The number of hydrogen-bond acceptors (Lipinski definition) is 5. The molecule has 1 amide bonds. The average Bonchev–Trinajstić information content (AvgIpc) is 2.77. The van der Waals surface area contributed by atoms with E-state index in [4.69, 9.17) is 0 Å². The summed E-state index contributed by atoms with van der Waals surface area (Å²) >= 11 is 0. The maximum absolute atomic E-state index is 13.4. The highest BCUT2D eigenvalue weighted by atomic mass is 19.4. The number of carbonyl (C=O) groups is 1. The molecule has 1 unspecified atom stereocenters. The molecule has 3 aromatic rings. The van der Waals surface area contributed by atoms with Gasteiger partial charge in [-0.25, -0.2) is 4.79 Å². The van der Waals surface area contributed by atoms with Crippen LogP contribution < -0.4 is 10.9 Å². The predicted octanol–water partition coefficient (Wildman–Crippen LogP) is 5.29. The van der Waals surface area contributed by atoms with Crippen molar-refractivity contribution in [3.05, 3.63) is 70.2 Å². The number of nitrogens with one attached hydrogen (secondary N) is 1. The minimum Gasteiger partial charge on any atom is -0.369 e. The molecule has 0 saturated carbocycles. The molecule has 0 fully saturated rings. The van der Waals surface area contributed by atoms with Crippen LogP contribution in [-0.4, -0.2) is 21.8 Å². The molecule has 36 heavy (non-hydrogen) atoms. The molecule has 1 atom stereocenters. The number of anilines is 1. The van der Waals surface area contributed by atoms with Gasteiger partial charge in [-0.15, -0.1) is 0 Å². The number of carbonyl (C=O) groups excluding carboxylic acids is 1. The van der Waals surface area contributed by atoms with Crippen LogP contribution >= 0.6 is 0 Å². The Morgan fingerprint density at radius 2 is 1.64 bits per heavy atom. The number of hydrogen-bond donors (Lipinski definition) is 2. The van der Waals surface area contributed by atoms with E-state index in [1.54, 1.807) is 0 Å². The predicted molar refractivity (Wildman–Crippen MR) is 130 cm³/mol. The molecule has 0 spiro atoms. The summed E-state index contributed by atoms with van der Waals surface area (Å²) in [5.74, 6) is 4.69. The van der Waals surface area contributed by atoms with Crippen molar-refractivity contribution in [1.29, 1.82) is 0 Å². The Morgan fingerprint density at radius 3 is 2.22 bits per heavy atom. The molecule has 1 aromatic heterocycles. The van der Waals surface area contributed by atoms with Crippen LogP contribution in [0.25, 0.3) is 10.8 Å². The van der Waals surface area contributed by atoms with Crippen molar-refractivity contribution in [3.63, 3.8) is 0 Å². The number of fused-ring (bicyclic) bond motifs is 1. The first-order valence-corrected chi connectivity index (χ1v) is 11.2. The third-order valence-corrected chi connectivity index (χ3v) is 5.51. The first-order valence-electron chi connectivity index (χ1n) is 11.2. The van der Waals surface area contributed by atoms with Gasteiger partial charge in [0.2, 0.25) is 5.60 Å². The van der Waals surface area contributed by atoms with Gasteiger partial charge < -0.3 is 14.9 Å². The van der Waals surface area contributed by atoms with Crippen molar-refractivity contribution < 1.29 is 27.6 Å². The molecular formula is C27H27F3N2O4. The first kappa shape index (κ1) is 27.0. The van der Waals surface area contributed by atoms with E-state index in [0.29, 0.717) is 0 Å². The van der Waals surface area contributed by atoms with Gasteiger partial charge in [0.05, 0.1) is 5.39 Å². The Bertz CT molecular complexity index is 1390. The Kier molecular flexibility index (Phi) is 7.06. The highest BCUT2D eigenvalue weighted by molar-refractivity contribution is 6.01. The highest BCUT2D eigenvalue weighted by Gasteiger charge is 2.41. The van der Waals surface area contributed by atoms with E-state index in [2.05, 4.69) is 26.8 Å². The van der Waals surface area contributed by atoms with Gasteiger partial charge in [-0.2, -0.15) is 13.2 Å². The Balaban J connectivity index is 2.04. The molecule has 2 N–H and O–H groups in total. The summed E-state index contributed by atoms with van der Waals surface area (Å²) in [6.07, 6.45) is -4.98. The second-order valence-corrected chi connectivity index (χ2v) is 10.3. The van der Waals surface area contributed by atoms with Crippen LogP contribution in [0.2, 0.25) is 0 Å². The molecule has 0 radical (unpaired) electrons. The lowest BCUT2D eigenvalue weighted by molar-refractivity contribution is -0.142. The molecule has 1 heterocycles. The monoisotopic (exact) mass is 500 g/mol.